The van der Waals surface area contributed by atoms with E-state index in [0.29, 0.717) is 0 Å². The summed E-state index contributed by atoms with van der Waals surface area (Å²) in [6, 6.07) is 11.2. The van der Waals surface area contributed by atoms with Gasteiger partial charge in [0.25, 0.3) is 0 Å². The number of hydrogen-bond donors (Lipinski definition) is 0. The summed E-state index contributed by atoms with van der Waals surface area (Å²) in [4.78, 5) is 1.27. The first-order chi connectivity index (χ1) is 9.31. The monoisotopic (exact) mass is 304 g/mol. The fourth-order valence-electron chi connectivity index (χ4n) is 2.82. The van der Waals surface area contributed by atoms with Crippen molar-refractivity contribution in [2.24, 2.45) is 0 Å². The van der Waals surface area contributed by atoms with E-state index in [1.54, 1.807) is 11.3 Å². The average Bonchev–Trinajstić information content (AvgIpc) is 3.11. The van der Waals surface area contributed by atoms with Gasteiger partial charge in [-0.1, -0.05) is 18.2 Å². The predicted molar refractivity (Wildman–Crippen MR) is 85.9 cm³/mol. The van der Waals surface area contributed by atoms with Gasteiger partial charge in [-0.3, -0.25) is 0 Å². The Labute approximate surface area is 125 Å². The molecular formula is C16H13ClS2. The molecular weight excluding hydrogens is 292 g/mol. The number of fused-ring (bicyclic) bond motifs is 2. The van der Waals surface area contributed by atoms with E-state index in [1.807, 2.05) is 11.3 Å². The lowest BCUT2D eigenvalue weighted by Gasteiger charge is -2.09. The molecule has 0 radical (unpaired) electrons. The number of rotatable bonds is 2. The number of thiophene rings is 2. The number of hydrogen-bond acceptors (Lipinski definition) is 2. The summed E-state index contributed by atoms with van der Waals surface area (Å²) in [6.45, 7) is 0. The van der Waals surface area contributed by atoms with E-state index >= 15 is 0 Å². The number of benzene rings is 1. The van der Waals surface area contributed by atoms with Crippen LogP contribution in [0.25, 0.3) is 9.40 Å². The van der Waals surface area contributed by atoms with Crippen LogP contribution in [0.5, 0.6) is 0 Å². The first-order valence-corrected chi connectivity index (χ1v) is 8.67. The molecule has 0 bridgehead atoms. The molecule has 2 heterocycles. The standard InChI is InChI=1S/C16H13ClS2/c17-16(15-9-14-13(19-15)6-7-18-14)12-5-4-10-2-1-3-11(10)8-12/h4-9,16H,1-3H2. The molecule has 3 aromatic rings. The molecule has 0 aliphatic heterocycles. The van der Waals surface area contributed by atoms with Crippen molar-refractivity contribution >= 4 is 43.7 Å². The van der Waals surface area contributed by atoms with Crippen molar-refractivity contribution in [3.8, 4) is 0 Å². The van der Waals surface area contributed by atoms with E-state index in [1.165, 1.54) is 50.2 Å². The van der Waals surface area contributed by atoms with Gasteiger partial charge in [0, 0.05) is 14.3 Å². The Balaban J connectivity index is 1.73. The van der Waals surface area contributed by atoms with Gasteiger partial charge >= 0.3 is 0 Å². The van der Waals surface area contributed by atoms with Crippen LogP contribution in [0.3, 0.4) is 0 Å². The second-order valence-corrected chi connectivity index (χ2v) is 7.54. The maximum absolute atomic E-state index is 6.68. The van der Waals surface area contributed by atoms with E-state index in [4.69, 9.17) is 11.6 Å². The Kier molecular flexibility index (Phi) is 2.91. The SMILES string of the molecule is ClC(c1ccc2c(c1)CCC2)c1cc2sccc2s1. The van der Waals surface area contributed by atoms with Gasteiger partial charge in [-0.2, -0.15) is 0 Å². The molecule has 0 nitrogen and oxygen atoms in total. The molecule has 0 fully saturated rings. The van der Waals surface area contributed by atoms with E-state index in [0.717, 1.165) is 0 Å². The summed E-state index contributed by atoms with van der Waals surface area (Å²) >= 11 is 10.3. The molecule has 1 atom stereocenters. The molecule has 2 aromatic heterocycles. The topological polar surface area (TPSA) is 0 Å². The van der Waals surface area contributed by atoms with E-state index in [-0.39, 0.29) is 5.38 Å². The maximum Gasteiger partial charge on any atom is 0.0928 e. The molecule has 0 N–H and O–H groups in total. The van der Waals surface area contributed by atoms with Gasteiger partial charge in [0.2, 0.25) is 0 Å². The molecule has 19 heavy (non-hydrogen) atoms. The molecule has 1 aliphatic carbocycles. The quantitative estimate of drug-likeness (QED) is 0.526. The van der Waals surface area contributed by atoms with Crippen LogP contribution in [0.15, 0.2) is 35.7 Å². The zero-order valence-corrected chi connectivity index (χ0v) is 12.7. The summed E-state index contributed by atoms with van der Waals surface area (Å²) in [7, 11) is 0. The number of alkyl halides is 1. The second-order valence-electron chi connectivity index (χ2n) is 5.04. The second kappa shape index (κ2) is 4.62. The van der Waals surface area contributed by atoms with Crippen LogP contribution in [0, 0.1) is 0 Å². The van der Waals surface area contributed by atoms with Crippen molar-refractivity contribution in [2.75, 3.05) is 0 Å². The van der Waals surface area contributed by atoms with Crippen LogP contribution in [0.2, 0.25) is 0 Å². The van der Waals surface area contributed by atoms with E-state index in [9.17, 15) is 0 Å². The van der Waals surface area contributed by atoms with Gasteiger partial charge in [0.1, 0.15) is 0 Å². The number of halogens is 1. The van der Waals surface area contributed by atoms with Crippen LogP contribution < -0.4 is 0 Å². The van der Waals surface area contributed by atoms with Crippen molar-refractivity contribution < 1.29 is 0 Å². The fraction of sp³-hybridized carbons (Fsp3) is 0.250. The Hall–Kier alpha value is -0.830. The van der Waals surface area contributed by atoms with Crippen LogP contribution in [0.4, 0.5) is 0 Å². The highest BCUT2D eigenvalue weighted by molar-refractivity contribution is 7.27. The molecule has 1 aliphatic rings. The van der Waals surface area contributed by atoms with Crippen molar-refractivity contribution in [1.82, 2.24) is 0 Å². The van der Waals surface area contributed by atoms with Crippen molar-refractivity contribution in [2.45, 2.75) is 24.6 Å². The summed E-state index contributed by atoms with van der Waals surface area (Å²) < 4.78 is 2.71. The first kappa shape index (κ1) is 12.0. The molecule has 0 amide bonds. The van der Waals surface area contributed by atoms with E-state index < -0.39 is 0 Å². The third-order valence-corrected chi connectivity index (χ3v) is 6.60. The summed E-state index contributed by atoms with van der Waals surface area (Å²) in [6.07, 6.45) is 3.74. The van der Waals surface area contributed by atoms with Crippen LogP contribution in [0.1, 0.15) is 33.4 Å². The first-order valence-electron chi connectivity index (χ1n) is 6.54. The third-order valence-electron chi connectivity index (χ3n) is 3.82. The maximum atomic E-state index is 6.68. The Bertz CT molecular complexity index is 710. The summed E-state index contributed by atoms with van der Waals surface area (Å²) in [5.74, 6) is 0. The van der Waals surface area contributed by atoms with Gasteiger partial charge in [0.05, 0.1) is 5.38 Å². The summed E-state index contributed by atoms with van der Waals surface area (Å²) in [5.41, 5.74) is 4.26. The van der Waals surface area contributed by atoms with Gasteiger partial charge in [0.15, 0.2) is 0 Å². The van der Waals surface area contributed by atoms with Crippen LogP contribution in [-0.2, 0) is 12.8 Å². The van der Waals surface area contributed by atoms with Gasteiger partial charge in [-0.15, -0.1) is 34.3 Å². The predicted octanol–water partition coefficient (Wildman–Crippen LogP) is 5.78. The minimum atomic E-state index is -0.00417. The highest BCUT2D eigenvalue weighted by Crippen LogP contribution is 2.39. The lowest BCUT2D eigenvalue weighted by molar-refractivity contribution is 0.911. The molecule has 1 aromatic carbocycles. The molecule has 3 heteroatoms. The molecule has 0 saturated carbocycles. The Morgan fingerprint density at radius 2 is 1.89 bits per heavy atom. The highest BCUT2D eigenvalue weighted by Gasteiger charge is 2.17. The van der Waals surface area contributed by atoms with Crippen LogP contribution in [-0.4, -0.2) is 0 Å². The van der Waals surface area contributed by atoms with E-state index in [2.05, 4.69) is 35.7 Å². The highest BCUT2D eigenvalue weighted by atomic mass is 35.5. The number of aryl methyl sites for hydroxylation is 2. The zero-order valence-electron chi connectivity index (χ0n) is 10.4. The molecule has 1 unspecified atom stereocenters. The molecule has 0 saturated heterocycles. The van der Waals surface area contributed by atoms with Crippen molar-refractivity contribution in [1.29, 1.82) is 0 Å². The largest absolute Gasteiger partial charge is 0.143 e. The molecule has 0 spiro atoms. The van der Waals surface area contributed by atoms with Crippen LogP contribution >= 0.6 is 34.3 Å². The zero-order chi connectivity index (χ0) is 12.8. The van der Waals surface area contributed by atoms with Crippen molar-refractivity contribution in [3.63, 3.8) is 0 Å². The molecule has 96 valence electrons. The molecule has 4 rings (SSSR count). The van der Waals surface area contributed by atoms with Gasteiger partial charge in [-0.05, 0) is 53.5 Å². The minimum Gasteiger partial charge on any atom is -0.143 e. The minimum absolute atomic E-state index is 0.00417. The van der Waals surface area contributed by atoms with Crippen molar-refractivity contribution in [3.05, 3.63) is 57.3 Å². The fourth-order valence-corrected chi connectivity index (χ4v) is 5.28. The van der Waals surface area contributed by atoms with Gasteiger partial charge in [-0.25, -0.2) is 0 Å². The summed E-state index contributed by atoms with van der Waals surface area (Å²) in [5, 5.41) is 2.14. The lowest BCUT2D eigenvalue weighted by atomic mass is 10.0. The average molecular weight is 305 g/mol. The normalized spacial score (nSPS) is 15.8. The van der Waals surface area contributed by atoms with Gasteiger partial charge < -0.3 is 0 Å². The Morgan fingerprint density at radius 3 is 2.79 bits per heavy atom. The lowest BCUT2D eigenvalue weighted by Crippen LogP contribution is -1.92. The Morgan fingerprint density at radius 1 is 1.00 bits per heavy atom. The smallest absolute Gasteiger partial charge is 0.0928 e. The third kappa shape index (κ3) is 2.03.